The number of carbonyl (C=O) groups is 5. The number of hydrogen-bond acceptors (Lipinski definition) is 7. The molecule has 3 rings (SSSR count). The van der Waals surface area contributed by atoms with E-state index in [9.17, 15) is 28.4 Å². The van der Waals surface area contributed by atoms with Gasteiger partial charge in [-0.15, -0.1) is 0 Å². The van der Waals surface area contributed by atoms with Crippen molar-refractivity contribution in [2.24, 2.45) is 5.73 Å². The van der Waals surface area contributed by atoms with Gasteiger partial charge < -0.3 is 30.7 Å². The Kier molecular flexibility index (Phi) is 8.59. The van der Waals surface area contributed by atoms with Gasteiger partial charge in [-0.2, -0.15) is 0 Å². The SMILES string of the molecule is C=CC(=O)NC[C@H](NC(=O)OC(C)(C)C)C(=O)N1CC(OC(=O)N2Cc3cccc(F)c3C2)CC1C(N)=O. The van der Waals surface area contributed by atoms with E-state index in [0.29, 0.717) is 11.1 Å². The molecule has 0 aromatic heterocycles. The number of nitrogens with one attached hydrogen (secondary N) is 2. The maximum atomic E-state index is 14.1. The van der Waals surface area contributed by atoms with Crippen molar-refractivity contribution in [3.63, 3.8) is 0 Å². The smallest absolute Gasteiger partial charge is 0.410 e. The Morgan fingerprint density at radius 2 is 1.95 bits per heavy atom. The lowest BCUT2D eigenvalue weighted by molar-refractivity contribution is -0.139. The molecule has 0 bridgehead atoms. The summed E-state index contributed by atoms with van der Waals surface area (Å²) in [7, 11) is 0. The maximum Gasteiger partial charge on any atom is 0.410 e. The Bertz CT molecular complexity index is 1140. The number of primary amides is 1. The van der Waals surface area contributed by atoms with Crippen LogP contribution in [0.3, 0.4) is 0 Å². The Labute approximate surface area is 219 Å². The molecule has 2 heterocycles. The van der Waals surface area contributed by atoms with Crippen molar-refractivity contribution in [1.82, 2.24) is 20.4 Å². The third kappa shape index (κ3) is 6.99. The average molecular weight is 534 g/mol. The van der Waals surface area contributed by atoms with E-state index in [-0.39, 0.29) is 32.6 Å². The minimum absolute atomic E-state index is 0.0281. The van der Waals surface area contributed by atoms with E-state index in [2.05, 4.69) is 17.2 Å². The number of likely N-dealkylation sites (tertiary alicyclic amines) is 1. The number of carbonyl (C=O) groups excluding carboxylic acids is 5. The number of ether oxygens (including phenoxy) is 2. The van der Waals surface area contributed by atoms with Crippen molar-refractivity contribution < 1.29 is 37.8 Å². The van der Waals surface area contributed by atoms with E-state index < -0.39 is 59.5 Å². The molecule has 38 heavy (non-hydrogen) atoms. The molecule has 13 heteroatoms. The molecule has 2 aliphatic heterocycles. The summed E-state index contributed by atoms with van der Waals surface area (Å²) in [6, 6.07) is 2.13. The van der Waals surface area contributed by atoms with Crippen LogP contribution in [0.25, 0.3) is 0 Å². The van der Waals surface area contributed by atoms with Crippen molar-refractivity contribution in [2.45, 2.75) is 64.1 Å². The number of benzene rings is 1. The topological polar surface area (TPSA) is 160 Å². The monoisotopic (exact) mass is 533 g/mol. The van der Waals surface area contributed by atoms with Crippen LogP contribution in [-0.2, 0) is 36.9 Å². The van der Waals surface area contributed by atoms with Crippen LogP contribution in [0.5, 0.6) is 0 Å². The van der Waals surface area contributed by atoms with Gasteiger partial charge in [-0.3, -0.25) is 19.3 Å². The standard InChI is InChI=1S/C25H32FN5O7/c1-5-20(32)28-10-18(29-23(35)38-25(2,3)4)22(34)31-12-15(9-19(31)21(27)33)37-24(36)30-11-14-7-6-8-17(26)16(14)13-30/h5-8,15,18-19H,1,9-13H2,2-4H3,(H2,27,33)(H,28,32)(H,29,35)/t15?,18-,19?/m0/s1. The van der Waals surface area contributed by atoms with Crippen LogP contribution in [0.1, 0.15) is 38.3 Å². The van der Waals surface area contributed by atoms with Crippen LogP contribution in [0.4, 0.5) is 14.0 Å². The van der Waals surface area contributed by atoms with Gasteiger partial charge >= 0.3 is 12.2 Å². The van der Waals surface area contributed by atoms with Crippen molar-refractivity contribution >= 4 is 29.9 Å². The second-order valence-electron chi connectivity index (χ2n) is 10.0. The van der Waals surface area contributed by atoms with Gasteiger partial charge in [0.2, 0.25) is 17.7 Å². The average Bonchev–Trinajstić information content (AvgIpc) is 3.45. The summed E-state index contributed by atoms with van der Waals surface area (Å²) in [5.41, 5.74) is 5.73. The van der Waals surface area contributed by atoms with Gasteiger partial charge in [-0.05, 0) is 38.5 Å². The first-order valence-corrected chi connectivity index (χ1v) is 12.0. The highest BCUT2D eigenvalue weighted by Gasteiger charge is 2.43. The molecule has 206 valence electrons. The molecular formula is C25H32FN5O7. The second-order valence-corrected chi connectivity index (χ2v) is 10.0. The Hall–Kier alpha value is -4.16. The molecule has 5 amide bonds. The fourth-order valence-corrected chi connectivity index (χ4v) is 4.25. The summed E-state index contributed by atoms with van der Waals surface area (Å²) in [6.45, 7) is 7.93. The molecule has 0 saturated carbocycles. The Morgan fingerprint density at radius 3 is 2.55 bits per heavy atom. The predicted molar refractivity (Wildman–Crippen MR) is 132 cm³/mol. The molecule has 1 fully saturated rings. The Morgan fingerprint density at radius 1 is 1.24 bits per heavy atom. The van der Waals surface area contributed by atoms with Crippen molar-refractivity contribution in [3.05, 3.63) is 47.8 Å². The Balaban J connectivity index is 1.70. The maximum absolute atomic E-state index is 14.1. The zero-order valence-electron chi connectivity index (χ0n) is 21.5. The van der Waals surface area contributed by atoms with E-state index in [4.69, 9.17) is 15.2 Å². The minimum atomic E-state index is -1.32. The lowest BCUT2D eigenvalue weighted by Crippen LogP contribution is -2.57. The highest BCUT2D eigenvalue weighted by molar-refractivity contribution is 5.93. The third-order valence-corrected chi connectivity index (χ3v) is 5.98. The van der Waals surface area contributed by atoms with Crippen LogP contribution >= 0.6 is 0 Å². The van der Waals surface area contributed by atoms with E-state index in [1.54, 1.807) is 32.9 Å². The van der Waals surface area contributed by atoms with E-state index in [1.165, 1.54) is 11.0 Å². The number of rotatable bonds is 7. The molecular weight excluding hydrogens is 501 g/mol. The number of fused-ring (bicyclic) bond motifs is 1. The van der Waals surface area contributed by atoms with Crippen LogP contribution in [-0.4, -0.2) is 76.6 Å². The molecule has 2 aliphatic rings. The molecule has 1 saturated heterocycles. The van der Waals surface area contributed by atoms with Gasteiger partial charge in [-0.25, -0.2) is 14.0 Å². The van der Waals surface area contributed by atoms with Crippen LogP contribution in [0.2, 0.25) is 0 Å². The normalized spacial score (nSPS) is 19.3. The van der Waals surface area contributed by atoms with Gasteiger partial charge in [0.15, 0.2) is 0 Å². The first kappa shape index (κ1) is 28.4. The fraction of sp³-hybridized carbons (Fsp3) is 0.480. The molecule has 3 atom stereocenters. The lowest BCUT2D eigenvalue weighted by atomic mass is 10.1. The lowest BCUT2D eigenvalue weighted by Gasteiger charge is -2.28. The molecule has 12 nitrogen and oxygen atoms in total. The molecule has 1 aromatic rings. The zero-order chi connectivity index (χ0) is 28.2. The molecule has 0 spiro atoms. The first-order valence-electron chi connectivity index (χ1n) is 12.0. The molecule has 2 unspecified atom stereocenters. The number of amides is 5. The van der Waals surface area contributed by atoms with Crippen molar-refractivity contribution in [2.75, 3.05) is 13.1 Å². The predicted octanol–water partition coefficient (Wildman–Crippen LogP) is 0.928. The number of nitrogens with two attached hydrogens (primary N) is 1. The highest BCUT2D eigenvalue weighted by atomic mass is 19.1. The van der Waals surface area contributed by atoms with E-state index in [1.807, 2.05) is 0 Å². The summed E-state index contributed by atoms with van der Waals surface area (Å²) < 4.78 is 24.8. The van der Waals surface area contributed by atoms with Gasteiger partial charge in [0.1, 0.15) is 29.6 Å². The molecule has 0 aliphatic carbocycles. The largest absolute Gasteiger partial charge is 0.444 e. The number of nitrogens with zero attached hydrogens (tertiary/aromatic N) is 2. The summed E-state index contributed by atoms with van der Waals surface area (Å²) in [5.74, 6) is -2.58. The fourth-order valence-electron chi connectivity index (χ4n) is 4.25. The number of halogens is 1. The first-order chi connectivity index (χ1) is 17.8. The number of hydrogen-bond donors (Lipinski definition) is 3. The summed E-state index contributed by atoms with van der Waals surface area (Å²) in [6.07, 6.45) is -1.61. The van der Waals surface area contributed by atoms with Crippen molar-refractivity contribution in [1.29, 1.82) is 0 Å². The summed E-state index contributed by atoms with van der Waals surface area (Å²) in [4.78, 5) is 64.8. The van der Waals surface area contributed by atoms with Crippen LogP contribution in [0.15, 0.2) is 30.9 Å². The van der Waals surface area contributed by atoms with Gasteiger partial charge in [-0.1, -0.05) is 18.7 Å². The molecule has 4 N–H and O–H groups in total. The van der Waals surface area contributed by atoms with Crippen LogP contribution in [0, 0.1) is 5.82 Å². The van der Waals surface area contributed by atoms with Gasteiger partial charge in [0.25, 0.3) is 0 Å². The highest BCUT2D eigenvalue weighted by Crippen LogP contribution is 2.27. The molecule has 1 aromatic carbocycles. The second kappa shape index (κ2) is 11.5. The third-order valence-electron chi connectivity index (χ3n) is 5.98. The van der Waals surface area contributed by atoms with Gasteiger partial charge in [0, 0.05) is 25.1 Å². The van der Waals surface area contributed by atoms with E-state index >= 15 is 0 Å². The summed E-state index contributed by atoms with van der Waals surface area (Å²) in [5, 5.41) is 4.83. The van der Waals surface area contributed by atoms with Crippen LogP contribution < -0.4 is 16.4 Å². The van der Waals surface area contributed by atoms with Gasteiger partial charge in [0.05, 0.1) is 13.1 Å². The molecule has 0 radical (unpaired) electrons. The quantitative estimate of drug-likeness (QED) is 0.440. The van der Waals surface area contributed by atoms with Crippen molar-refractivity contribution in [3.8, 4) is 0 Å². The number of alkyl carbamates (subject to hydrolysis) is 1. The minimum Gasteiger partial charge on any atom is -0.444 e. The van der Waals surface area contributed by atoms with E-state index in [0.717, 1.165) is 11.0 Å². The zero-order valence-corrected chi connectivity index (χ0v) is 21.5. The summed E-state index contributed by atoms with van der Waals surface area (Å²) >= 11 is 0.